The molecule has 0 bridgehead atoms. The van der Waals surface area contributed by atoms with Gasteiger partial charge in [0, 0.05) is 74.6 Å². The Kier molecular flexibility index (Phi) is 9.58. The van der Waals surface area contributed by atoms with Gasteiger partial charge in [-0.25, -0.2) is 9.97 Å². The van der Waals surface area contributed by atoms with E-state index in [1.807, 2.05) is 6.07 Å². The van der Waals surface area contributed by atoms with E-state index in [0.717, 1.165) is 107 Å². The van der Waals surface area contributed by atoms with Gasteiger partial charge in [-0.15, -0.1) is 0 Å². The Morgan fingerprint density at radius 3 is 2.47 bits per heavy atom. The number of carbonyl (C=O) groups excluding carboxylic acids is 2. The van der Waals surface area contributed by atoms with Gasteiger partial charge in [-0.2, -0.15) is 0 Å². The van der Waals surface area contributed by atoms with Crippen LogP contribution in [0.25, 0.3) is 11.0 Å². The zero-order valence-electron chi connectivity index (χ0n) is 29.0. The topological polar surface area (TPSA) is 166 Å². The van der Waals surface area contributed by atoms with Gasteiger partial charge in [0.2, 0.25) is 11.8 Å². The smallest absolute Gasteiger partial charge is 0.235 e. The Balaban J connectivity index is 0.855. The third-order valence-electron chi connectivity index (χ3n) is 11.2. The number of rotatable bonds is 8. The summed E-state index contributed by atoms with van der Waals surface area (Å²) >= 11 is 0. The average molecular weight is 694 g/mol. The number of fused-ring (bicyclic) bond motifs is 3. The summed E-state index contributed by atoms with van der Waals surface area (Å²) in [5.74, 6) is 0.965. The molecule has 0 spiro atoms. The first-order valence-electron chi connectivity index (χ1n) is 18.5. The summed E-state index contributed by atoms with van der Waals surface area (Å²) in [7, 11) is 0. The van der Waals surface area contributed by atoms with Crippen molar-refractivity contribution in [2.75, 3.05) is 60.9 Å². The van der Waals surface area contributed by atoms with Crippen molar-refractivity contribution in [3.05, 3.63) is 65.1 Å². The molecule has 4 aliphatic rings. The number of nitrogens with one attached hydrogen (secondary N) is 2. The number of piperidine rings is 3. The van der Waals surface area contributed by atoms with E-state index >= 15 is 0 Å². The third-order valence-corrected chi connectivity index (χ3v) is 11.2. The van der Waals surface area contributed by atoms with E-state index in [4.69, 9.17) is 15.2 Å². The van der Waals surface area contributed by atoms with Gasteiger partial charge >= 0.3 is 0 Å². The molecule has 2 unspecified atom stereocenters. The second-order valence-electron chi connectivity index (χ2n) is 14.5. The largest absolute Gasteiger partial charge is 0.373 e. The van der Waals surface area contributed by atoms with Crippen LogP contribution >= 0.6 is 0 Å². The van der Waals surface area contributed by atoms with Gasteiger partial charge in [-0.3, -0.25) is 14.9 Å². The van der Waals surface area contributed by atoms with Crippen LogP contribution in [0.1, 0.15) is 79.6 Å². The van der Waals surface area contributed by atoms with Crippen molar-refractivity contribution in [2.24, 2.45) is 11.7 Å². The van der Waals surface area contributed by atoms with Gasteiger partial charge in [0.15, 0.2) is 11.4 Å². The first-order valence-corrected chi connectivity index (χ1v) is 18.5. The normalized spacial score (nSPS) is 21.3. The number of nitrogens with two attached hydrogens (primary N) is 1. The molecule has 268 valence electrons. The number of aliphatic hydroxyl groups is 1. The van der Waals surface area contributed by atoms with Crippen LogP contribution in [0.3, 0.4) is 0 Å². The SMILES string of the molecule is NC(O)c1ncc(N2CCCCC2)nc1Nc1ccc(N2CCC(CN3CCc4ccc5c(C6CCC(=O)NC6=O)noc5c4CC3)CC2)cc1. The van der Waals surface area contributed by atoms with Crippen molar-refractivity contribution >= 4 is 45.8 Å². The van der Waals surface area contributed by atoms with Crippen molar-refractivity contribution in [3.8, 4) is 0 Å². The van der Waals surface area contributed by atoms with Crippen LogP contribution in [0.15, 0.2) is 47.1 Å². The number of imide groups is 1. The number of amides is 2. The zero-order chi connectivity index (χ0) is 34.9. The third kappa shape index (κ3) is 7.15. The molecule has 4 aliphatic heterocycles. The van der Waals surface area contributed by atoms with Crippen LogP contribution in [0.2, 0.25) is 0 Å². The van der Waals surface area contributed by atoms with Crippen molar-refractivity contribution < 1.29 is 19.2 Å². The molecule has 2 atom stereocenters. The molecule has 0 saturated carbocycles. The lowest BCUT2D eigenvalue weighted by atomic mass is 9.91. The minimum atomic E-state index is -1.22. The molecule has 4 aromatic rings. The van der Waals surface area contributed by atoms with E-state index in [2.05, 4.69) is 65.8 Å². The Hall–Kier alpha value is -4.59. The summed E-state index contributed by atoms with van der Waals surface area (Å²) in [6, 6.07) is 12.6. The fourth-order valence-corrected chi connectivity index (χ4v) is 8.28. The van der Waals surface area contributed by atoms with Crippen LogP contribution < -0.4 is 26.2 Å². The predicted octanol–water partition coefficient (Wildman–Crippen LogP) is 4.14. The number of anilines is 4. The molecule has 51 heavy (non-hydrogen) atoms. The van der Waals surface area contributed by atoms with Crippen molar-refractivity contribution in [2.45, 2.75) is 69.9 Å². The standard InChI is InChI=1S/C38H47N9O4/c39-36(49)34-37(42-31(22-40-34)47-16-2-1-3-17-47)41-26-5-7-27(8-6-26)46-20-12-24(13-21-46)23-45-18-14-25-4-9-29-33(30-10-11-32(48)43-38(30)50)44-51-35(29)28(25)15-19-45/h4-9,22,24,30,36,49H,1-3,10-21,23,39H2,(H,41,42)(H,43,48,50). The summed E-state index contributed by atoms with van der Waals surface area (Å²) in [5, 5.41) is 21.2. The van der Waals surface area contributed by atoms with Crippen LogP contribution in [-0.2, 0) is 22.4 Å². The first kappa shape index (κ1) is 33.5. The first-order chi connectivity index (χ1) is 24.9. The van der Waals surface area contributed by atoms with Gasteiger partial charge < -0.3 is 35.4 Å². The molecule has 2 aromatic heterocycles. The Bertz CT molecular complexity index is 1880. The summed E-state index contributed by atoms with van der Waals surface area (Å²) in [5.41, 5.74) is 12.2. The maximum atomic E-state index is 12.5. The van der Waals surface area contributed by atoms with Gasteiger partial charge in [-0.05, 0) is 93.2 Å². The molecule has 3 fully saturated rings. The minimum Gasteiger partial charge on any atom is -0.373 e. The van der Waals surface area contributed by atoms with Crippen LogP contribution in [0.4, 0.5) is 23.0 Å². The molecular weight excluding hydrogens is 646 g/mol. The average Bonchev–Trinajstić information content (AvgIpc) is 3.47. The van der Waals surface area contributed by atoms with E-state index in [1.165, 1.54) is 23.2 Å². The number of hydrogen-bond donors (Lipinski definition) is 4. The van der Waals surface area contributed by atoms with Gasteiger partial charge in [0.05, 0.1) is 12.1 Å². The highest BCUT2D eigenvalue weighted by Gasteiger charge is 2.33. The number of aromatic nitrogens is 3. The molecule has 2 aromatic carbocycles. The highest BCUT2D eigenvalue weighted by Crippen LogP contribution is 2.35. The number of nitrogens with zero attached hydrogens (tertiary/aromatic N) is 6. The van der Waals surface area contributed by atoms with E-state index < -0.39 is 12.1 Å². The summed E-state index contributed by atoms with van der Waals surface area (Å²) in [4.78, 5) is 40.8. The molecule has 13 nitrogen and oxygen atoms in total. The van der Waals surface area contributed by atoms with Crippen LogP contribution in [0, 0.1) is 5.92 Å². The molecule has 0 radical (unpaired) electrons. The lowest BCUT2D eigenvalue weighted by Crippen LogP contribution is -2.39. The van der Waals surface area contributed by atoms with Gasteiger partial charge in [-0.1, -0.05) is 11.2 Å². The highest BCUT2D eigenvalue weighted by molar-refractivity contribution is 6.02. The Morgan fingerprint density at radius 1 is 0.922 bits per heavy atom. The molecule has 2 amide bonds. The van der Waals surface area contributed by atoms with Gasteiger partial charge in [0.25, 0.3) is 0 Å². The van der Waals surface area contributed by atoms with Crippen molar-refractivity contribution in [1.29, 1.82) is 0 Å². The number of benzene rings is 2. The van der Waals surface area contributed by atoms with Crippen LogP contribution in [0.5, 0.6) is 0 Å². The van der Waals surface area contributed by atoms with E-state index in [1.54, 1.807) is 6.20 Å². The lowest BCUT2D eigenvalue weighted by molar-refractivity contribution is -0.134. The van der Waals surface area contributed by atoms with E-state index in [9.17, 15) is 14.7 Å². The Labute approximate surface area is 297 Å². The number of hydrogen-bond acceptors (Lipinski definition) is 12. The Morgan fingerprint density at radius 2 is 1.71 bits per heavy atom. The minimum absolute atomic E-state index is 0.225. The van der Waals surface area contributed by atoms with Crippen molar-refractivity contribution in [1.82, 2.24) is 25.3 Å². The highest BCUT2D eigenvalue weighted by atomic mass is 16.5. The fraction of sp³-hybridized carbons (Fsp3) is 0.500. The maximum Gasteiger partial charge on any atom is 0.235 e. The van der Waals surface area contributed by atoms with Crippen molar-refractivity contribution in [3.63, 3.8) is 0 Å². The monoisotopic (exact) mass is 693 g/mol. The lowest BCUT2D eigenvalue weighted by Gasteiger charge is -2.36. The molecule has 3 saturated heterocycles. The van der Waals surface area contributed by atoms with Gasteiger partial charge in [0.1, 0.15) is 23.4 Å². The molecule has 0 aliphatic carbocycles. The molecule has 13 heteroatoms. The van der Waals surface area contributed by atoms with E-state index in [0.29, 0.717) is 36.0 Å². The second-order valence-corrected chi connectivity index (χ2v) is 14.5. The molecular formula is C38H47N9O4. The summed E-state index contributed by atoms with van der Waals surface area (Å²) < 4.78 is 5.88. The molecule has 8 rings (SSSR count). The van der Waals surface area contributed by atoms with Crippen LogP contribution in [-0.4, -0.2) is 82.8 Å². The molecule has 6 heterocycles. The second kappa shape index (κ2) is 14.6. The molecule has 5 N–H and O–H groups in total. The zero-order valence-corrected chi connectivity index (χ0v) is 29.0. The summed E-state index contributed by atoms with van der Waals surface area (Å²) in [6.07, 6.45) is 8.91. The number of carbonyl (C=O) groups is 2. The number of aliphatic hydroxyl groups excluding tert-OH is 1. The fourth-order valence-electron chi connectivity index (χ4n) is 8.28. The van der Waals surface area contributed by atoms with E-state index in [-0.39, 0.29) is 11.8 Å². The quantitative estimate of drug-likeness (QED) is 0.154. The predicted molar refractivity (Wildman–Crippen MR) is 195 cm³/mol. The summed E-state index contributed by atoms with van der Waals surface area (Å²) in [6.45, 7) is 7.00. The maximum absolute atomic E-state index is 12.5.